The molecule has 0 aliphatic heterocycles. The van der Waals surface area contributed by atoms with Gasteiger partial charge in [0.1, 0.15) is 11.0 Å². The number of nitrogens with one attached hydrogen (secondary N) is 1. The quantitative estimate of drug-likeness (QED) is 0.903. The minimum absolute atomic E-state index is 0.622. The minimum atomic E-state index is -1.30. The Hall–Kier alpha value is -1.03. The monoisotopic (exact) mass is 285 g/mol. The van der Waals surface area contributed by atoms with Crippen LogP contribution in [-0.4, -0.2) is 4.21 Å². The number of benzene rings is 2. The van der Waals surface area contributed by atoms with Gasteiger partial charge in [0.05, 0.1) is 4.90 Å². The lowest BCUT2D eigenvalue weighted by Crippen LogP contribution is -2.04. The van der Waals surface area contributed by atoms with Crippen molar-refractivity contribution < 1.29 is 4.21 Å². The summed E-state index contributed by atoms with van der Waals surface area (Å²) in [6.45, 7) is 0. The van der Waals surface area contributed by atoms with Crippen LogP contribution in [0.5, 0.6) is 0 Å². The summed E-state index contributed by atoms with van der Waals surface area (Å²) in [7, 11) is -1.30. The first-order valence-electron chi connectivity index (χ1n) is 4.85. The lowest BCUT2D eigenvalue weighted by Gasteiger charge is -2.06. The summed E-state index contributed by atoms with van der Waals surface area (Å²) >= 11 is 11.5. The summed E-state index contributed by atoms with van der Waals surface area (Å²) in [5.41, 5.74) is 0.752. The molecule has 0 aliphatic rings. The van der Waals surface area contributed by atoms with Gasteiger partial charge in [-0.25, -0.2) is 4.21 Å². The van der Waals surface area contributed by atoms with Gasteiger partial charge in [-0.05, 0) is 48.5 Å². The van der Waals surface area contributed by atoms with Gasteiger partial charge in [-0.3, -0.25) is 0 Å². The van der Waals surface area contributed by atoms with Crippen molar-refractivity contribution >= 4 is 39.9 Å². The SMILES string of the molecule is O=S(Nc1ccc(Cl)cc1)c1ccc(Cl)cc1. The molecule has 0 spiro atoms. The average molecular weight is 286 g/mol. The Kier molecular flexibility index (Phi) is 4.05. The standard InChI is InChI=1S/C12H9Cl2NOS/c13-9-1-5-11(6-2-9)15-17(16)12-7-3-10(14)4-8-12/h1-8,15H. The molecule has 0 aliphatic carbocycles. The lowest BCUT2D eigenvalue weighted by atomic mass is 10.3. The highest BCUT2D eigenvalue weighted by atomic mass is 35.5. The molecular formula is C12H9Cl2NOS. The van der Waals surface area contributed by atoms with Crippen LogP contribution in [0, 0.1) is 0 Å². The van der Waals surface area contributed by atoms with E-state index in [1.54, 1.807) is 48.5 Å². The van der Waals surface area contributed by atoms with Crippen LogP contribution in [0.4, 0.5) is 5.69 Å². The van der Waals surface area contributed by atoms with Crippen molar-refractivity contribution in [1.29, 1.82) is 0 Å². The van der Waals surface area contributed by atoms with Crippen LogP contribution in [0.15, 0.2) is 53.4 Å². The van der Waals surface area contributed by atoms with Crippen molar-refractivity contribution in [1.82, 2.24) is 0 Å². The van der Waals surface area contributed by atoms with Gasteiger partial charge in [-0.2, -0.15) is 0 Å². The van der Waals surface area contributed by atoms with Crippen LogP contribution >= 0.6 is 23.2 Å². The topological polar surface area (TPSA) is 29.1 Å². The number of hydrogen-bond acceptors (Lipinski definition) is 1. The molecule has 0 aromatic heterocycles. The summed E-state index contributed by atoms with van der Waals surface area (Å²) < 4.78 is 14.8. The fraction of sp³-hybridized carbons (Fsp3) is 0. The van der Waals surface area contributed by atoms with Crippen molar-refractivity contribution in [3.8, 4) is 0 Å². The fourth-order valence-electron chi connectivity index (χ4n) is 1.24. The Bertz CT molecular complexity index is 525. The molecule has 1 atom stereocenters. The molecule has 2 aromatic carbocycles. The number of halogens is 2. The highest BCUT2D eigenvalue weighted by Gasteiger charge is 2.03. The zero-order chi connectivity index (χ0) is 12.3. The molecule has 0 saturated heterocycles. The van der Waals surface area contributed by atoms with Gasteiger partial charge in [-0.15, -0.1) is 0 Å². The predicted molar refractivity (Wildman–Crippen MR) is 72.9 cm³/mol. The zero-order valence-electron chi connectivity index (χ0n) is 8.69. The van der Waals surface area contributed by atoms with E-state index in [4.69, 9.17) is 23.2 Å². The van der Waals surface area contributed by atoms with Crippen LogP contribution in [0.2, 0.25) is 10.0 Å². The molecule has 2 aromatic rings. The third-order valence-electron chi connectivity index (χ3n) is 2.08. The van der Waals surface area contributed by atoms with Gasteiger partial charge >= 0.3 is 0 Å². The van der Waals surface area contributed by atoms with E-state index >= 15 is 0 Å². The van der Waals surface area contributed by atoms with Crippen molar-refractivity contribution in [2.45, 2.75) is 4.90 Å². The van der Waals surface area contributed by atoms with Gasteiger partial charge < -0.3 is 4.72 Å². The molecular weight excluding hydrogens is 277 g/mol. The van der Waals surface area contributed by atoms with Gasteiger partial charge in [0.2, 0.25) is 0 Å². The largest absolute Gasteiger partial charge is 0.301 e. The Labute approximate surface area is 112 Å². The van der Waals surface area contributed by atoms with Crippen LogP contribution in [0.25, 0.3) is 0 Å². The van der Waals surface area contributed by atoms with Gasteiger partial charge in [0.15, 0.2) is 0 Å². The van der Waals surface area contributed by atoms with E-state index in [9.17, 15) is 4.21 Å². The second-order valence-corrected chi connectivity index (χ2v) is 5.42. The first-order valence-corrected chi connectivity index (χ1v) is 6.75. The number of hydrogen-bond donors (Lipinski definition) is 1. The Morgan fingerprint density at radius 3 is 1.82 bits per heavy atom. The van der Waals surface area contributed by atoms with Crippen LogP contribution in [-0.2, 0) is 11.0 Å². The average Bonchev–Trinajstić information content (AvgIpc) is 2.33. The molecule has 88 valence electrons. The maximum atomic E-state index is 11.9. The summed E-state index contributed by atoms with van der Waals surface area (Å²) in [6, 6.07) is 13.9. The maximum Gasteiger partial charge on any atom is 0.150 e. The molecule has 1 N–H and O–H groups in total. The Balaban J connectivity index is 2.11. The number of anilines is 1. The zero-order valence-corrected chi connectivity index (χ0v) is 11.0. The maximum absolute atomic E-state index is 11.9. The molecule has 0 bridgehead atoms. The van der Waals surface area contributed by atoms with E-state index in [-0.39, 0.29) is 0 Å². The molecule has 5 heteroatoms. The fourth-order valence-corrected chi connectivity index (χ4v) is 2.35. The smallest absolute Gasteiger partial charge is 0.150 e. The summed E-state index contributed by atoms with van der Waals surface area (Å²) in [6.07, 6.45) is 0. The van der Waals surface area contributed by atoms with Crippen molar-refractivity contribution in [3.63, 3.8) is 0 Å². The third kappa shape index (κ3) is 3.46. The lowest BCUT2D eigenvalue weighted by molar-refractivity contribution is 0.686. The third-order valence-corrected chi connectivity index (χ3v) is 3.71. The van der Waals surface area contributed by atoms with E-state index in [0.717, 1.165) is 5.69 Å². The molecule has 2 nitrogen and oxygen atoms in total. The molecule has 0 amide bonds. The van der Waals surface area contributed by atoms with Crippen LogP contribution in [0.1, 0.15) is 0 Å². The second-order valence-electron chi connectivity index (χ2n) is 3.33. The molecule has 0 radical (unpaired) electrons. The molecule has 2 rings (SSSR count). The predicted octanol–water partition coefficient (Wildman–Crippen LogP) is 4.13. The molecule has 0 heterocycles. The minimum Gasteiger partial charge on any atom is -0.301 e. The molecule has 17 heavy (non-hydrogen) atoms. The van der Waals surface area contributed by atoms with Crippen LogP contribution in [0.3, 0.4) is 0 Å². The first-order chi connectivity index (χ1) is 8.15. The van der Waals surface area contributed by atoms with Gasteiger partial charge in [0.25, 0.3) is 0 Å². The number of rotatable bonds is 3. The molecule has 1 unspecified atom stereocenters. The van der Waals surface area contributed by atoms with E-state index in [2.05, 4.69) is 4.72 Å². The van der Waals surface area contributed by atoms with E-state index < -0.39 is 11.0 Å². The van der Waals surface area contributed by atoms with Gasteiger partial charge in [-0.1, -0.05) is 23.2 Å². The Morgan fingerprint density at radius 1 is 0.824 bits per heavy atom. The highest BCUT2D eigenvalue weighted by Crippen LogP contribution is 2.17. The van der Waals surface area contributed by atoms with E-state index in [0.29, 0.717) is 14.9 Å². The summed E-state index contributed by atoms with van der Waals surface area (Å²) in [4.78, 5) is 0.671. The first kappa shape index (κ1) is 12.4. The highest BCUT2D eigenvalue weighted by molar-refractivity contribution is 7.86. The molecule has 0 fully saturated rings. The van der Waals surface area contributed by atoms with Crippen molar-refractivity contribution in [2.24, 2.45) is 0 Å². The summed E-state index contributed by atoms with van der Waals surface area (Å²) in [5.74, 6) is 0. The van der Waals surface area contributed by atoms with E-state index in [1.165, 1.54) is 0 Å². The Morgan fingerprint density at radius 2 is 1.29 bits per heavy atom. The van der Waals surface area contributed by atoms with Crippen molar-refractivity contribution in [2.75, 3.05) is 4.72 Å². The second kappa shape index (κ2) is 5.54. The van der Waals surface area contributed by atoms with E-state index in [1.807, 2.05) is 0 Å². The molecule has 0 saturated carbocycles. The normalized spacial score (nSPS) is 12.1. The summed E-state index contributed by atoms with van der Waals surface area (Å²) in [5, 5.41) is 1.27. The van der Waals surface area contributed by atoms with Crippen molar-refractivity contribution in [3.05, 3.63) is 58.6 Å². The van der Waals surface area contributed by atoms with Crippen LogP contribution < -0.4 is 4.72 Å². The van der Waals surface area contributed by atoms with Gasteiger partial charge in [0, 0.05) is 15.7 Å².